The van der Waals surface area contributed by atoms with E-state index in [-0.39, 0.29) is 5.56 Å². The maximum absolute atomic E-state index is 12.1. The second-order valence-electron chi connectivity index (χ2n) is 5.61. The van der Waals surface area contributed by atoms with E-state index in [2.05, 4.69) is 30.5 Å². The minimum atomic E-state index is -0.342. The minimum absolute atomic E-state index is 0.342. The predicted octanol–water partition coefficient (Wildman–Crippen LogP) is 1.90. The van der Waals surface area contributed by atoms with E-state index < -0.39 is 0 Å². The van der Waals surface area contributed by atoms with Gasteiger partial charge in [-0.15, -0.1) is 0 Å². The molecule has 3 aromatic rings. The molecule has 0 spiro atoms. The van der Waals surface area contributed by atoms with E-state index in [0.29, 0.717) is 24.6 Å². The van der Waals surface area contributed by atoms with Crippen LogP contribution < -0.4 is 15.6 Å². The van der Waals surface area contributed by atoms with Gasteiger partial charge in [0.1, 0.15) is 11.4 Å². The molecule has 0 aliphatic heterocycles. The van der Waals surface area contributed by atoms with Crippen LogP contribution in [0.4, 0.5) is 5.95 Å². The summed E-state index contributed by atoms with van der Waals surface area (Å²) in [6.07, 6.45) is 5.55. The number of nitrogens with zero attached hydrogens (tertiary/aromatic N) is 4. The summed E-state index contributed by atoms with van der Waals surface area (Å²) in [7, 11) is 1.64. The first-order chi connectivity index (χ1) is 13.3. The molecule has 0 saturated carbocycles. The number of thioether (sulfide) groups is 1. The molecule has 9 heteroatoms. The molecule has 3 heterocycles. The Kier molecular flexibility index (Phi) is 6.75. The van der Waals surface area contributed by atoms with Crippen molar-refractivity contribution < 1.29 is 4.74 Å². The Balaban J connectivity index is 1.46. The third-order valence-electron chi connectivity index (χ3n) is 3.70. The Morgan fingerprint density at radius 3 is 2.89 bits per heavy atom. The van der Waals surface area contributed by atoms with Crippen molar-refractivity contribution in [3.8, 4) is 5.75 Å². The molecule has 140 valence electrons. The van der Waals surface area contributed by atoms with Crippen LogP contribution in [0, 0.1) is 0 Å². The van der Waals surface area contributed by atoms with Crippen molar-refractivity contribution in [2.24, 2.45) is 0 Å². The van der Waals surface area contributed by atoms with Crippen molar-refractivity contribution in [1.82, 2.24) is 25.1 Å². The first kappa shape index (κ1) is 18.8. The van der Waals surface area contributed by atoms with Gasteiger partial charge in [0.2, 0.25) is 5.95 Å². The maximum Gasteiger partial charge on any atom is 0.296 e. The van der Waals surface area contributed by atoms with E-state index in [1.807, 2.05) is 24.3 Å². The van der Waals surface area contributed by atoms with E-state index in [0.717, 1.165) is 28.5 Å². The fraction of sp³-hybridized carbons (Fsp3) is 0.278. The van der Waals surface area contributed by atoms with Crippen LogP contribution in [0.5, 0.6) is 5.75 Å². The van der Waals surface area contributed by atoms with E-state index in [1.165, 1.54) is 0 Å². The molecule has 3 rings (SSSR count). The lowest BCUT2D eigenvalue weighted by Gasteiger charge is -2.08. The number of hydrogen-bond donors (Lipinski definition) is 2. The highest BCUT2D eigenvalue weighted by Gasteiger charge is 2.07. The van der Waals surface area contributed by atoms with Crippen molar-refractivity contribution in [3.05, 3.63) is 70.2 Å². The van der Waals surface area contributed by atoms with Gasteiger partial charge in [-0.25, -0.2) is 5.10 Å². The Bertz CT molecular complexity index is 919. The lowest BCUT2D eigenvalue weighted by Crippen LogP contribution is -2.20. The smallest absolute Gasteiger partial charge is 0.296 e. The fourth-order valence-electron chi connectivity index (χ4n) is 2.38. The number of nitrogens with one attached hydrogen (secondary N) is 2. The van der Waals surface area contributed by atoms with Gasteiger partial charge in [0.05, 0.1) is 12.8 Å². The molecular weight excluding hydrogens is 364 g/mol. The maximum atomic E-state index is 12.1. The summed E-state index contributed by atoms with van der Waals surface area (Å²) in [5.41, 5.74) is 1.86. The van der Waals surface area contributed by atoms with E-state index in [9.17, 15) is 4.79 Å². The molecule has 2 N–H and O–H groups in total. The largest absolute Gasteiger partial charge is 0.495 e. The van der Waals surface area contributed by atoms with Gasteiger partial charge in [0.15, 0.2) is 0 Å². The molecule has 0 atom stereocenters. The molecule has 0 aliphatic carbocycles. The second-order valence-corrected chi connectivity index (χ2v) is 6.71. The van der Waals surface area contributed by atoms with Gasteiger partial charge in [0, 0.05) is 43.1 Å². The van der Waals surface area contributed by atoms with Crippen LogP contribution in [0.25, 0.3) is 0 Å². The molecule has 3 aromatic heterocycles. The summed E-state index contributed by atoms with van der Waals surface area (Å²) in [4.78, 5) is 24.5. The first-order valence-corrected chi connectivity index (χ1v) is 9.55. The van der Waals surface area contributed by atoms with Crippen LogP contribution in [0.2, 0.25) is 0 Å². The zero-order valence-corrected chi connectivity index (χ0v) is 15.7. The summed E-state index contributed by atoms with van der Waals surface area (Å²) in [6, 6.07) is 7.47. The molecule has 0 saturated heterocycles. The van der Waals surface area contributed by atoms with Crippen LogP contribution in [0.1, 0.15) is 17.0 Å². The summed E-state index contributed by atoms with van der Waals surface area (Å²) >= 11 is 1.71. The van der Waals surface area contributed by atoms with E-state index in [1.54, 1.807) is 37.5 Å². The lowest BCUT2D eigenvalue weighted by molar-refractivity contribution is 0.409. The number of anilines is 1. The molecule has 8 nitrogen and oxygen atoms in total. The molecule has 0 unspecified atom stereocenters. The number of H-pyrrole nitrogens is 1. The van der Waals surface area contributed by atoms with Gasteiger partial charge in [-0.05, 0) is 23.8 Å². The molecule has 0 amide bonds. The van der Waals surface area contributed by atoms with Gasteiger partial charge in [0.25, 0.3) is 5.56 Å². The number of aromatic nitrogens is 5. The number of methoxy groups -OCH3 is 1. The predicted molar refractivity (Wildman–Crippen MR) is 105 cm³/mol. The highest BCUT2D eigenvalue weighted by Crippen LogP contribution is 2.20. The second kappa shape index (κ2) is 9.67. The molecule has 0 aromatic carbocycles. The summed E-state index contributed by atoms with van der Waals surface area (Å²) in [6.45, 7) is 0.645. The molecular formula is C18H20N6O2S. The van der Waals surface area contributed by atoms with Crippen LogP contribution >= 0.6 is 11.8 Å². The van der Waals surface area contributed by atoms with Crippen molar-refractivity contribution in [2.45, 2.75) is 12.2 Å². The summed E-state index contributed by atoms with van der Waals surface area (Å²) in [5, 5.41) is 9.99. The molecule has 0 aliphatic rings. The average molecular weight is 384 g/mol. The van der Waals surface area contributed by atoms with E-state index >= 15 is 0 Å². The lowest BCUT2D eigenvalue weighted by atomic mass is 10.2. The van der Waals surface area contributed by atoms with E-state index in [4.69, 9.17) is 4.74 Å². The number of hydrogen-bond acceptors (Lipinski definition) is 8. The van der Waals surface area contributed by atoms with Gasteiger partial charge >= 0.3 is 0 Å². The summed E-state index contributed by atoms with van der Waals surface area (Å²) < 4.78 is 5.29. The fourth-order valence-corrected chi connectivity index (χ4v) is 3.18. The van der Waals surface area contributed by atoms with Crippen LogP contribution in [-0.4, -0.2) is 44.6 Å². The normalized spacial score (nSPS) is 10.6. The summed E-state index contributed by atoms with van der Waals surface area (Å²) in [5.74, 6) is 2.72. The van der Waals surface area contributed by atoms with Crippen molar-refractivity contribution in [3.63, 3.8) is 0 Å². The zero-order chi connectivity index (χ0) is 18.9. The Morgan fingerprint density at radius 2 is 2.11 bits per heavy atom. The van der Waals surface area contributed by atoms with Crippen molar-refractivity contribution in [2.75, 3.05) is 24.7 Å². The Labute approximate surface area is 160 Å². The molecule has 0 radical (unpaired) electrons. The third kappa shape index (κ3) is 5.52. The van der Waals surface area contributed by atoms with Gasteiger partial charge in [-0.1, -0.05) is 6.07 Å². The van der Waals surface area contributed by atoms with Crippen molar-refractivity contribution >= 4 is 17.7 Å². The third-order valence-corrected chi connectivity index (χ3v) is 4.67. The highest BCUT2D eigenvalue weighted by atomic mass is 32.2. The van der Waals surface area contributed by atoms with Crippen LogP contribution in [0.15, 0.2) is 47.7 Å². The van der Waals surface area contributed by atoms with Crippen LogP contribution in [-0.2, 0) is 12.2 Å². The zero-order valence-electron chi connectivity index (χ0n) is 14.9. The quantitative estimate of drug-likeness (QED) is 0.539. The molecule has 0 fully saturated rings. The highest BCUT2D eigenvalue weighted by molar-refractivity contribution is 7.98. The molecule has 27 heavy (non-hydrogen) atoms. The topological polar surface area (TPSA) is 106 Å². The minimum Gasteiger partial charge on any atom is -0.495 e. The monoisotopic (exact) mass is 384 g/mol. The number of ether oxygens (including phenoxy) is 1. The Morgan fingerprint density at radius 1 is 1.22 bits per heavy atom. The first-order valence-electron chi connectivity index (χ1n) is 8.40. The number of aromatic amines is 1. The number of rotatable bonds is 9. The molecule has 0 bridgehead atoms. The van der Waals surface area contributed by atoms with Crippen LogP contribution in [0.3, 0.4) is 0 Å². The van der Waals surface area contributed by atoms with Crippen molar-refractivity contribution in [1.29, 1.82) is 0 Å². The number of pyridine rings is 2. The average Bonchev–Trinajstić information content (AvgIpc) is 2.71. The van der Waals surface area contributed by atoms with Gasteiger partial charge in [-0.3, -0.25) is 14.8 Å². The van der Waals surface area contributed by atoms with Gasteiger partial charge < -0.3 is 10.1 Å². The SMILES string of the molecule is COc1cccnc1CSCCNc1nc(=O)c(Cc2cccnc2)n[nH]1. The Hall–Kier alpha value is -2.94. The van der Waals surface area contributed by atoms with Gasteiger partial charge in [-0.2, -0.15) is 21.8 Å². The standard InChI is InChI=1S/C18H20N6O2S/c1-26-16-5-3-7-20-15(16)12-27-9-8-21-18-22-17(25)14(23-24-18)10-13-4-2-6-19-11-13/h2-7,11H,8-10,12H2,1H3,(H2,21,22,24,25).